The summed E-state index contributed by atoms with van der Waals surface area (Å²) in [6, 6.07) is 17.1. The first-order chi connectivity index (χ1) is 11.1. The predicted molar refractivity (Wildman–Crippen MR) is 101 cm³/mol. The highest BCUT2D eigenvalue weighted by atomic mass is 15.3. The Labute approximate surface area is 140 Å². The Bertz CT molecular complexity index is 571. The zero-order valence-electron chi connectivity index (χ0n) is 14.6. The van der Waals surface area contributed by atoms with Gasteiger partial charge in [0, 0.05) is 50.8 Å². The van der Waals surface area contributed by atoms with E-state index in [9.17, 15) is 0 Å². The van der Waals surface area contributed by atoms with Gasteiger partial charge in [0.2, 0.25) is 0 Å². The minimum absolute atomic E-state index is 0.783. The van der Waals surface area contributed by atoms with Gasteiger partial charge in [-0.25, -0.2) is 5.43 Å². The molecule has 0 saturated carbocycles. The van der Waals surface area contributed by atoms with E-state index in [0.717, 1.165) is 25.3 Å². The van der Waals surface area contributed by atoms with Crippen LogP contribution in [0.4, 0.5) is 17.1 Å². The van der Waals surface area contributed by atoms with Crippen LogP contribution in [0.1, 0.15) is 19.4 Å². The first kappa shape index (κ1) is 17.2. The molecule has 2 N–H and O–H groups in total. The van der Waals surface area contributed by atoms with Crippen LogP contribution in [0.5, 0.6) is 0 Å². The van der Waals surface area contributed by atoms with Gasteiger partial charge in [-0.3, -0.25) is 0 Å². The molecule has 0 atom stereocenters. The maximum absolute atomic E-state index is 3.27. The second kappa shape index (κ2) is 8.44. The van der Waals surface area contributed by atoms with Crippen LogP contribution in [0.15, 0.2) is 48.5 Å². The molecule has 2 aromatic carbocycles. The molecule has 0 spiro atoms. The van der Waals surface area contributed by atoms with Gasteiger partial charge < -0.3 is 15.2 Å². The van der Waals surface area contributed by atoms with Crippen LogP contribution in [0.25, 0.3) is 0 Å². The average Bonchev–Trinajstić information content (AvgIpc) is 2.58. The largest absolute Gasteiger partial charge is 0.378 e. The lowest BCUT2D eigenvalue weighted by atomic mass is 10.2. The monoisotopic (exact) mass is 312 g/mol. The summed E-state index contributed by atoms with van der Waals surface area (Å²) in [6.07, 6.45) is 0. The molecule has 0 bridgehead atoms. The first-order valence-corrected chi connectivity index (χ1v) is 8.24. The van der Waals surface area contributed by atoms with Gasteiger partial charge in [0.05, 0.1) is 0 Å². The number of hydrogen-bond acceptors (Lipinski definition) is 4. The van der Waals surface area contributed by atoms with E-state index in [0.29, 0.717) is 0 Å². The summed E-state index contributed by atoms with van der Waals surface area (Å²) in [6.45, 7) is 7.21. The van der Waals surface area contributed by atoms with Gasteiger partial charge in [-0.1, -0.05) is 12.1 Å². The molecule has 0 aliphatic rings. The molecule has 4 heteroatoms. The van der Waals surface area contributed by atoms with Gasteiger partial charge in [0.1, 0.15) is 0 Å². The number of hydrazine groups is 1. The van der Waals surface area contributed by atoms with Crippen molar-refractivity contribution in [3.05, 3.63) is 54.1 Å². The second-order valence-corrected chi connectivity index (χ2v) is 5.76. The molecule has 0 fully saturated rings. The van der Waals surface area contributed by atoms with E-state index >= 15 is 0 Å². The zero-order chi connectivity index (χ0) is 16.7. The number of hydrogen-bond donors (Lipinski definition) is 2. The third-order valence-corrected chi connectivity index (χ3v) is 3.97. The lowest BCUT2D eigenvalue weighted by Crippen LogP contribution is -2.22. The van der Waals surface area contributed by atoms with Crippen LogP contribution in [0, 0.1) is 0 Å². The molecule has 0 saturated heterocycles. The van der Waals surface area contributed by atoms with Crippen molar-refractivity contribution < 1.29 is 0 Å². The van der Waals surface area contributed by atoms with Crippen molar-refractivity contribution in [2.75, 3.05) is 42.4 Å². The molecule has 0 unspecified atom stereocenters. The molecule has 2 aromatic rings. The van der Waals surface area contributed by atoms with E-state index in [1.165, 1.54) is 16.9 Å². The minimum atomic E-state index is 0.783. The van der Waals surface area contributed by atoms with E-state index < -0.39 is 0 Å². The van der Waals surface area contributed by atoms with Crippen LogP contribution in [-0.4, -0.2) is 27.2 Å². The molecular weight excluding hydrogens is 284 g/mol. The Morgan fingerprint density at radius 3 is 1.87 bits per heavy atom. The van der Waals surface area contributed by atoms with Gasteiger partial charge in [-0.15, -0.1) is 0 Å². The standard InChI is InChI=1S/C19H28N4/c1-5-23(6-2)19-13-9-17(10-14-19)21-20-15-16-7-11-18(12-8-16)22(3)4/h7-14,20-21H,5-6,15H2,1-4H3. The molecular formula is C19H28N4. The number of nitrogens with one attached hydrogen (secondary N) is 2. The molecule has 4 nitrogen and oxygen atoms in total. The fraction of sp³-hybridized carbons (Fsp3) is 0.368. The Morgan fingerprint density at radius 1 is 0.783 bits per heavy atom. The minimum Gasteiger partial charge on any atom is -0.378 e. The van der Waals surface area contributed by atoms with Crippen LogP contribution in [-0.2, 0) is 6.54 Å². The van der Waals surface area contributed by atoms with Crippen molar-refractivity contribution in [2.45, 2.75) is 20.4 Å². The number of nitrogens with zero attached hydrogens (tertiary/aromatic N) is 2. The lowest BCUT2D eigenvalue weighted by Gasteiger charge is -2.21. The maximum atomic E-state index is 3.27. The van der Waals surface area contributed by atoms with Crippen molar-refractivity contribution in [1.29, 1.82) is 0 Å². The summed E-state index contributed by atoms with van der Waals surface area (Å²) in [5.74, 6) is 0. The second-order valence-electron chi connectivity index (χ2n) is 5.76. The molecule has 124 valence electrons. The summed E-state index contributed by atoms with van der Waals surface area (Å²) in [5.41, 5.74) is 11.3. The normalized spacial score (nSPS) is 10.4. The van der Waals surface area contributed by atoms with Crippen molar-refractivity contribution in [2.24, 2.45) is 0 Å². The number of benzene rings is 2. The molecule has 0 amide bonds. The van der Waals surface area contributed by atoms with Gasteiger partial charge >= 0.3 is 0 Å². The summed E-state index contributed by atoms with van der Waals surface area (Å²) < 4.78 is 0. The van der Waals surface area contributed by atoms with Crippen molar-refractivity contribution in [3.8, 4) is 0 Å². The van der Waals surface area contributed by atoms with Crippen molar-refractivity contribution in [3.63, 3.8) is 0 Å². The van der Waals surface area contributed by atoms with E-state index in [2.05, 4.69) is 97.1 Å². The van der Waals surface area contributed by atoms with Crippen LogP contribution < -0.4 is 20.7 Å². The Kier molecular flexibility index (Phi) is 6.29. The molecule has 0 aromatic heterocycles. The predicted octanol–water partition coefficient (Wildman–Crippen LogP) is 3.72. The SMILES string of the molecule is CCN(CC)c1ccc(NNCc2ccc(N(C)C)cc2)cc1. The summed E-state index contributed by atoms with van der Waals surface area (Å²) in [4.78, 5) is 4.44. The summed E-state index contributed by atoms with van der Waals surface area (Å²) in [7, 11) is 4.10. The van der Waals surface area contributed by atoms with Crippen LogP contribution in [0.2, 0.25) is 0 Å². The highest BCUT2D eigenvalue weighted by Gasteiger charge is 2.01. The maximum Gasteiger partial charge on any atom is 0.0489 e. The smallest absolute Gasteiger partial charge is 0.0489 e. The lowest BCUT2D eigenvalue weighted by molar-refractivity contribution is 0.801. The quantitative estimate of drug-likeness (QED) is 0.727. The molecule has 0 aliphatic carbocycles. The first-order valence-electron chi connectivity index (χ1n) is 8.24. The van der Waals surface area contributed by atoms with E-state index in [1.807, 2.05) is 0 Å². The zero-order valence-corrected chi connectivity index (χ0v) is 14.6. The summed E-state index contributed by atoms with van der Waals surface area (Å²) >= 11 is 0. The van der Waals surface area contributed by atoms with E-state index in [-0.39, 0.29) is 0 Å². The van der Waals surface area contributed by atoms with Crippen molar-refractivity contribution in [1.82, 2.24) is 5.43 Å². The molecule has 0 aliphatic heterocycles. The number of rotatable bonds is 8. The third-order valence-electron chi connectivity index (χ3n) is 3.97. The highest BCUT2D eigenvalue weighted by molar-refractivity contribution is 5.54. The molecule has 0 heterocycles. The molecule has 0 radical (unpaired) electrons. The van der Waals surface area contributed by atoms with Crippen molar-refractivity contribution >= 4 is 17.1 Å². The van der Waals surface area contributed by atoms with Gasteiger partial charge in [0.25, 0.3) is 0 Å². The van der Waals surface area contributed by atoms with Crippen LogP contribution in [0.3, 0.4) is 0 Å². The Balaban J connectivity index is 1.84. The fourth-order valence-corrected chi connectivity index (χ4v) is 2.50. The van der Waals surface area contributed by atoms with Gasteiger partial charge in [0.15, 0.2) is 0 Å². The Hall–Kier alpha value is -2.20. The topological polar surface area (TPSA) is 30.5 Å². The third kappa shape index (κ3) is 4.89. The average molecular weight is 312 g/mol. The molecule has 2 rings (SSSR count). The van der Waals surface area contributed by atoms with Gasteiger partial charge in [-0.05, 0) is 55.8 Å². The van der Waals surface area contributed by atoms with E-state index in [1.54, 1.807) is 0 Å². The fourth-order valence-electron chi connectivity index (χ4n) is 2.50. The number of anilines is 3. The van der Waals surface area contributed by atoms with Crippen LogP contribution >= 0.6 is 0 Å². The van der Waals surface area contributed by atoms with Gasteiger partial charge in [-0.2, -0.15) is 0 Å². The highest BCUT2D eigenvalue weighted by Crippen LogP contribution is 2.17. The Morgan fingerprint density at radius 2 is 1.35 bits per heavy atom. The van der Waals surface area contributed by atoms with E-state index in [4.69, 9.17) is 0 Å². The summed E-state index contributed by atoms with van der Waals surface area (Å²) in [5, 5.41) is 0. The molecule has 23 heavy (non-hydrogen) atoms.